The first-order chi connectivity index (χ1) is 15.4. The number of alkyl halides is 2. The Kier molecular flexibility index (Phi) is 4.28. The molecule has 6 heteroatoms. The third-order valence-electron chi connectivity index (χ3n) is 6.99. The van der Waals surface area contributed by atoms with E-state index in [2.05, 4.69) is 56.1 Å². The van der Waals surface area contributed by atoms with Crippen LogP contribution in [0.1, 0.15) is 29.2 Å². The van der Waals surface area contributed by atoms with Crippen molar-refractivity contribution in [1.82, 2.24) is 0 Å². The molecule has 0 aromatic heterocycles. The largest absolute Gasteiger partial charge is 0.494 e. The standard InChI is InChI=1S/C26H19Br2NO3/c1-2-32-16-13-11-15(12-14-16)29-23(30)21-22(24(29)31)26(28)18-8-4-3-7-17(18)25(21,27)19-9-5-6-10-20(19)26/h3-14,21-22H,2H2,1H3/t21-,22-,25?,26?/m1/s1. The fourth-order valence-electron chi connectivity index (χ4n) is 5.78. The summed E-state index contributed by atoms with van der Waals surface area (Å²) in [5.41, 5.74) is 4.70. The summed E-state index contributed by atoms with van der Waals surface area (Å²) >= 11 is 8.04. The maximum absolute atomic E-state index is 13.9. The summed E-state index contributed by atoms with van der Waals surface area (Å²) in [7, 11) is 0. The Labute approximate surface area is 202 Å². The van der Waals surface area contributed by atoms with E-state index < -0.39 is 20.5 Å². The number of hydrogen-bond acceptors (Lipinski definition) is 3. The summed E-state index contributed by atoms with van der Waals surface area (Å²) in [5, 5.41) is 0. The number of anilines is 1. The van der Waals surface area contributed by atoms with Gasteiger partial charge in [-0.3, -0.25) is 9.59 Å². The molecule has 160 valence electrons. The molecule has 0 radical (unpaired) electrons. The topological polar surface area (TPSA) is 46.6 Å². The number of amides is 2. The summed E-state index contributed by atoms with van der Waals surface area (Å²) < 4.78 is 3.99. The van der Waals surface area contributed by atoms with Crippen molar-refractivity contribution >= 4 is 49.4 Å². The van der Waals surface area contributed by atoms with Gasteiger partial charge in [0.15, 0.2) is 0 Å². The molecule has 0 spiro atoms. The summed E-state index contributed by atoms with van der Waals surface area (Å²) in [6.45, 7) is 2.47. The van der Waals surface area contributed by atoms with Gasteiger partial charge in [0, 0.05) is 0 Å². The molecular weight excluding hydrogens is 534 g/mol. The van der Waals surface area contributed by atoms with E-state index in [4.69, 9.17) is 4.74 Å². The zero-order chi connectivity index (χ0) is 22.3. The van der Waals surface area contributed by atoms with Crippen LogP contribution in [0.5, 0.6) is 5.75 Å². The van der Waals surface area contributed by atoms with Gasteiger partial charge in [0.05, 0.1) is 32.8 Å². The molecule has 1 saturated heterocycles. The molecule has 1 aliphatic heterocycles. The van der Waals surface area contributed by atoms with E-state index in [1.54, 1.807) is 24.3 Å². The smallest absolute Gasteiger partial charge is 0.239 e. The predicted molar refractivity (Wildman–Crippen MR) is 129 cm³/mol. The Morgan fingerprint density at radius 2 is 1.16 bits per heavy atom. The van der Waals surface area contributed by atoms with Crippen LogP contribution in [-0.2, 0) is 18.2 Å². The number of halogens is 2. The summed E-state index contributed by atoms with van der Waals surface area (Å²) in [5.74, 6) is -0.791. The van der Waals surface area contributed by atoms with E-state index in [1.807, 2.05) is 31.2 Å². The molecule has 0 N–H and O–H groups in total. The Bertz CT molecular complexity index is 1160. The van der Waals surface area contributed by atoms with Crippen molar-refractivity contribution in [3.8, 4) is 5.75 Å². The van der Waals surface area contributed by atoms with Crippen molar-refractivity contribution in [2.24, 2.45) is 11.8 Å². The first-order valence-corrected chi connectivity index (χ1v) is 12.2. The lowest BCUT2D eigenvalue weighted by atomic mass is 9.54. The lowest BCUT2D eigenvalue weighted by molar-refractivity contribution is -0.122. The molecule has 32 heavy (non-hydrogen) atoms. The number of nitrogens with zero attached hydrogens (tertiary/aromatic N) is 1. The van der Waals surface area contributed by atoms with E-state index in [1.165, 1.54) is 4.90 Å². The fourth-order valence-corrected chi connectivity index (χ4v) is 8.08. The van der Waals surface area contributed by atoms with Crippen molar-refractivity contribution in [3.05, 3.63) is 95.1 Å². The lowest BCUT2D eigenvalue weighted by Crippen LogP contribution is -2.56. The second kappa shape index (κ2) is 6.78. The summed E-state index contributed by atoms with van der Waals surface area (Å²) in [6.07, 6.45) is 0. The van der Waals surface area contributed by atoms with E-state index in [0.29, 0.717) is 18.0 Å². The summed E-state index contributed by atoms with van der Waals surface area (Å²) in [4.78, 5) is 29.2. The average Bonchev–Trinajstić information content (AvgIpc) is 3.09. The van der Waals surface area contributed by atoms with Gasteiger partial charge in [0.1, 0.15) is 5.75 Å². The molecule has 3 aromatic rings. The molecule has 0 saturated carbocycles. The molecule has 4 aliphatic rings. The van der Waals surface area contributed by atoms with E-state index in [-0.39, 0.29) is 11.8 Å². The van der Waals surface area contributed by atoms with Crippen molar-refractivity contribution in [1.29, 1.82) is 0 Å². The molecule has 7 rings (SSSR count). The van der Waals surface area contributed by atoms with E-state index in [0.717, 1.165) is 22.3 Å². The molecule has 0 unspecified atom stereocenters. The maximum atomic E-state index is 13.9. The Morgan fingerprint density at radius 3 is 1.53 bits per heavy atom. The van der Waals surface area contributed by atoms with Crippen LogP contribution in [0, 0.1) is 11.8 Å². The Hall–Kier alpha value is -2.44. The maximum Gasteiger partial charge on any atom is 0.239 e. The highest BCUT2D eigenvalue weighted by Gasteiger charge is 2.72. The number of carbonyl (C=O) groups excluding carboxylic acids is 2. The minimum absolute atomic E-state index is 0.186. The molecule has 4 nitrogen and oxygen atoms in total. The van der Waals surface area contributed by atoms with Crippen LogP contribution in [-0.4, -0.2) is 18.4 Å². The Morgan fingerprint density at radius 1 is 0.750 bits per heavy atom. The van der Waals surface area contributed by atoms with Crippen molar-refractivity contribution in [2.45, 2.75) is 15.6 Å². The lowest BCUT2D eigenvalue weighted by Gasteiger charge is -2.55. The highest BCUT2D eigenvalue weighted by atomic mass is 79.9. The SMILES string of the molecule is CCOc1ccc(N2C(=O)[C@H]3[C@H](C2=O)C2(Br)c4ccccc4C3(Br)c3ccccc32)cc1. The minimum atomic E-state index is -0.771. The molecule has 1 fully saturated rings. The number of carbonyl (C=O) groups is 2. The van der Waals surface area contributed by atoms with Gasteiger partial charge in [-0.2, -0.15) is 0 Å². The molecule has 3 aromatic carbocycles. The van der Waals surface area contributed by atoms with Gasteiger partial charge in [0.2, 0.25) is 11.8 Å². The van der Waals surface area contributed by atoms with Crippen LogP contribution in [0.4, 0.5) is 5.69 Å². The predicted octanol–water partition coefficient (Wildman–Crippen LogP) is 5.50. The molecular formula is C26H19Br2NO3. The minimum Gasteiger partial charge on any atom is -0.494 e. The van der Waals surface area contributed by atoms with Gasteiger partial charge in [-0.05, 0) is 53.4 Å². The van der Waals surface area contributed by atoms with Crippen molar-refractivity contribution in [3.63, 3.8) is 0 Å². The van der Waals surface area contributed by atoms with Crippen LogP contribution < -0.4 is 9.64 Å². The van der Waals surface area contributed by atoms with Gasteiger partial charge in [0.25, 0.3) is 0 Å². The quantitative estimate of drug-likeness (QED) is 0.318. The highest BCUT2D eigenvalue weighted by molar-refractivity contribution is 9.10. The third kappa shape index (κ3) is 2.27. The normalized spacial score (nSPS) is 29.5. The van der Waals surface area contributed by atoms with Crippen molar-refractivity contribution in [2.75, 3.05) is 11.5 Å². The van der Waals surface area contributed by atoms with Gasteiger partial charge >= 0.3 is 0 Å². The fraction of sp³-hybridized carbons (Fsp3) is 0.231. The van der Waals surface area contributed by atoms with E-state index >= 15 is 0 Å². The second-order valence-corrected chi connectivity index (χ2v) is 10.9. The zero-order valence-electron chi connectivity index (χ0n) is 17.2. The molecule has 2 bridgehead atoms. The molecule has 2 atom stereocenters. The second-order valence-electron chi connectivity index (χ2n) is 8.41. The summed E-state index contributed by atoms with van der Waals surface area (Å²) in [6, 6.07) is 23.3. The van der Waals surface area contributed by atoms with Gasteiger partial charge in [-0.15, -0.1) is 0 Å². The van der Waals surface area contributed by atoms with Crippen LogP contribution in [0.2, 0.25) is 0 Å². The van der Waals surface area contributed by atoms with Crippen LogP contribution in [0.15, 0.2) is 72.8 Å². The highest BCUT2D eigenvalue weighted by Crippen LogP contribution is 2.70. The van der Waals surface area contributed by atoms with Gasteiger partial charge < -0.3 is 4.74 Å². The third-order valence-corrected chi connectivity index (χ3v) is 9.69. The Balaban J connectivity index is 1.57. The monoisotopic (exact) mass is 551 g/mol. The molecule has 3 aliphatic carbocycles. The average molecular weight is 553 g/mol. The number of imide groups is 1. The first kappa shape index (κ1) is 20.2. The zero-order valence-corrected chi connectivity index (χ0v) is 20.4. The van der Waals surface area contributed by atoms with E-state index in [9.17, 15) is 9.59 Å². The molecule has 2 amide bonds. The number of ether oxygens (including phenoxy) is 1. The van der Waals surface area contributed by atoms with Crippen molar-refractivity contribution < 1.29 is 14.3 Å². The number of hydrogen-bond donors (Lipinski definition) is 0. The van der Waals surface area contributed by atoms with Crippen LogP contribution in [0.3, 0.4) is 0 Å². The van der Waals surface area contributed by atoms with Crippen LogP contribution in [0.25, 0.3) is 0 Å². The van der Waals surface area contributed by atoms with Gasteiger partial charge in [-0.1, -0.05) is 80.4 Å². The van der Waals surface area contributed by atoms with Gasteiger partial charge in [-0.25, -0.2) is 4.90 Å². The first-order valence-electron chi connectivity index (χ1n) is 10.6. The number of rotatable bonds is 3. The van der Waals surface area contributed by atoms with Crippen LogP contribution >= 0.6 is 31.9 Å². The molecule has 1 heterocycles. The number of benzene rings is 3.